The molecule has 0 aliphatic carbocycles. The molecule has 0 bridgehead atoms. The SMILES string of the molecule is Cc1cccc2c1nc1n(-c3cc(C(C)(C)C)ccn3)c3cc(Oc4cccc(-n5cccn5)c4)ccc3n21. The van der Waals surface area contributed by atoms with Crippen LogP contribution in [0.5, 0.6) is 11.5 Å². The largest absolute Gasteiger partial charge is 0.457 e. The van der Waals surface area contributed by atoms with Gasteiger partial charge in [0.15, 0.2) is 0 Å². The molecule has 4 heterocycles. The lowest BCUT2D eigenvalue weighted by Crippen LogP contribution is -2.12. The Hall–Kier alpha value is -4.91. The van der Waals surface area contributed by atoms with Crippen LogP contribution in [0, 0.1) is 6.92 Å². The Balaban J connectivity index is 1.43. The second-order valence-corrected chi connectivity index (χ2v) is 10.9. The lowest BCUT2D eigenvalue weighted by molar-refractivity contribution is 0.483. The predicted octanol–water partition coefficient (Wildman–Crippen LogP) is 7.41. The Morgan fingerprint density at radius 2 is 1.62 bits per heavy atom. The van der Waals surface area contributed by atoms with Crippen molar-refractivity contribution in [3.63, 3.8) is 0 Å². The van der Waals surface area contributed by atoms with Crippen LogP contribution in [0.3, 0.4) is 0 Å². The van der Waals surface area contributed by atoms with Crippen molar-refractivity contribution in [2.45, 2.75) is 33.1 Å². The average Bonchev–Trinajstić information content (AvgIpc) is 3.65. The summed E-state index contributed by atoms with van der Waals surface area (Å²) in [5, 5.41) is 4.34. The van der Waals surface area contributed by atoms with Gasteiger partial charge in [-0.25, -0.2) is 14.6 Å². The van der Waals surface area contributed by atoms with Gasteiger partial charge in [0.1, 0.15) is 17.3 Å². The Morgan fingerprint density at radius 3 is 2.44 bits per heavy atom. The molecule has 0 unspecified atom stereocenters. The first-order chi connectivity index (χ1) is 18.9. The van der Waals surface area contributed by atoms with E-state index in [1.807, 2.05) is 53.5 Å². The van der Waals surface area contributed by atoms with Crippen molar-refractivity contribution in [1.82, 2.24) is 28.7 Å². The third kappa shape index (κ3) is 3.85. The van der Waals surface area contributed by atoms with E-state index in [4.69, 9.17) is 14.7 Å². The quantitative estimate of drug-likeness (QED) is 0.246. The number of hydrogen-bond donors (Lipinski definition) is 0. The Morgan fingerprint density at radius 1 is 0.769 bits per heavy atom. The molecular weight excluding hydrogens is 484 g/mol. The van der Waals surface area contributed by atoms with Crippen molar-refractivity contribution < 1.29 is 4.74 Å². The molecule has 0 fully saturated rings. The molecule has 7 nitrogen and oxygen atoms in total. The van der Waals surface area contributed by atoms with Gasteiger partial charge in [-0.15, -0.1) is 0 Å². The molecule has 0 amide bonds. The minimum Gasteiger partial charge on any atom is -0.457 e. The van der Waals surface area contributed by atoms with Crippen molar-refractivity contribution in [2.75, 3.05) is 0 Å². The topological polar surface area (TPSA) is 62.2 Å². The van der Waals surface area contributed by atoms with E-state index in [0.717, 1.165) is 56.4 Å². The number of para-hydroxylation sites is 1. The van der Waals surface area contributed by atoms with Gasteiger partial charge < -0.3 is 4.74 Å². The highest BCUT2D eigenvalue weighted by Crippen LogP contribution is 2.34. The van der Waals surface area contributed by atoms with Gasteiger partial charge in [0.05, 0.1) is 27.8 Å². The number of hydrogen-bond acceptors (Lipinski definition) is 4. The van der Waals surface area contributed by atoms with Crippen LogP contribution >= 0.6 is 0 Å². The summed E-state index contributed by atoms with van der Waals surface area (Å²) < 4.78 is 12.5. The van der Waals surface area contributed by atoms with E-state index in [1.54, 1.807) is 6.20 Å². The summed E-state index contributed by atoms with van der Waals surface area (Å²) in [6.07, 6.45) is 5.56. The second kappa shape index (κ2) is 8.56. The van der Waals surface area contributed by atoms with Crippen LogP contribution in [-0.2, 0) is 5.41 Å². The molecule has 0 aliphatic heterocycles. The van der Waals surface area contributed by atoms with Crippen LogP contribution in [0.15, 0.2) is 97.5 Å². The number of benzene rings is 3. The van der Waals surface area contributed by atoms with Crippen molar-refractivity contribution in [1.29, 1.82) is 0 Å². The number of ether oxygens (including phenoxy) is 1. The molecule has 3 aromatic carbocycles. The average molecular weight is 513 g/mol. The van der Waals surface area contributed by atoms with Gasteiger partial charge >= 0.3 is 0 Å². The number of imidazole rings is 2. The molecule has 39 heavy (non-hydrogen) atoms. The van der Waals surface area contributed by atoms with E-state index in [9.17, 15) is 0 Å². The van der Waals surface area contributed by atoms with Gasteiger partial charge in [0, 0.05) is 30.7 Å². The minimum absolute atomic E-state index is 0.0124. The summed E-state index contributed by atoms with van der Waals surface area (Å²) in [4.78, 5) is 9.91. The Labute approximate surface area is 225 Å². The minimum atomic E-state index is -0.0124. The monoisotopic (exact) mass is 512 g/mol. The predicted molar refractivity (Wildman–Crippen MR) is 154 cm³/mol. The zero-order chi connectivity index (χ0) is 26.7. The van der Waals surface area contributed by atoms with E-state index in [0.29, 0.717) is 0 Å². The van der Waals surface area contributed by atoms with Gasteiger partial charge in [-0.2, -0.15) is 5.10 Å². The van der Waals surface area contributed by atoms with Gasteiger partial charge in [0.25, 0.3) is 0 Å². The van der Waals surface area contributed by atoms with Gasteiger partial charge in [0.2, 0.25) is 5.78 Å². The first kappa shape index (κ1) is 23.2. The van der Waals surface area contributed by atoms with Crippen molar-refractivity contribution >= 4 is 27.8 Å². The number of pyridine rings is 1. The molecule has 0 atom stereocenters. The summed E-state index contributed by atoms with van der Waals surface area (Å²) in [5.74, 6) is 3.12. The normalized spacial score (nSPS) is 12.1. The highest BCUT2D eigenvalue weighted by Gasteiger charge is 2.21. The smallest absolute Gasteiger partial charge is 0.221 e. The first-order valence-electron chi connectivity index (χ1n) is 13.0. The summed E-state index contributed by atoms with van der Waals surface area (Å²) in [6, 6.07) is 26.5. The fraction of sp³-hybridized carbons (Fsp3) is 0.156. The summed E-state index contributed by atoms with van der Waals surface area (Å²) in [6.45, 7) is 8.74. The zero-order valence-electron chi connectivity index (χ0n) is 22.3. The molecular formula is C32H28N6O. The molecule has 0 saturated heterocycles. The van der Waals surface area contributed by atoms with Crippen LogP contribution in [-0.4, -0.2) is 28.7 Å². The van der Waals surface area contributed by atoms with E-state index < -0.39 is 0 Å². The molecule has 0 saturated carbocycles. The summed E-state index contributed by atoms with van der Waals surface area (Å²) >= 11 is 0. The zero-order valence-corrected chi connectivity index (χ0v) is 22.3. The highest BCUT2D eigenvalue weighted by atomic mass is 16.5. The van der Waals surface area contributed by atoms with Gasteiger partial charge in [-0.3, -0.25) is 8.97 Å². The van der Waals surface area contributed by atoms with Crippen LogP contribution in [0.25, 0.3) is 39.3 Å². The Kier molecular flexibility index (Phi) is 5.10. The van der Waals surface area contributed by atoms with Crippen molar-refractivity contribution in [3.05, 3.63) is 109 Å². The lowest BCUT2D eigenvalue weighted by Gasteiger charge is -2.19. The van der Waals surface area contributed by atoms with Crippen molar-refractivity contribution in [3.8, 4) is 23.0 Å². The van der Waals surface area contributed by atoms with Crippen LogP contribution in [0.2, 0.25) is 0 Å². The summed E-state index contributed by atoms with van der Waals surface area (Å²) in [7, 11) is 0. The van der Waals surface area contributed by atoms with Gasteiger partial charge in [-0.1, -0.05) is 39.0 Å². The fourth-order valence-electron chi connectivity index (χ4n) is 5.14. The molecule has 4 aromatic heterocycles. The second-order valence-electron chi connectivity index (χ2n) is 10.9. The molecule has 0 aliphatic rings. The number of aryl methyl sites for hydroxylation is 1. The lowest BCUT2D eigenvalue weighted by atomic mass is 9.88. The molecule has 7 heteroatoms. The molecule has 0 spiro atoms. The van der Waals surface area contributed by atoms with E-state index in [1.165, 1.54) is 5.56 Å². The third-order valence-electron chi connectivity index (χ3n) is 7.16. The number of aromatic nitrogens is 6. The van der Waals surface area contributed by atoms with Crippen LogP contribution in [0.4, 0.5) is 0 Å². The van der Waals surface area contributed by atoms with Crippen molar-refractivity contribution in [2.24, 2.45) is 0 Å². The van der Waals surface area contributed by atoms with Crippen LogP contribution in [0.1, 0.15) is 31.9 Å². The summed E-state index contributed by atoms with van der Waals surface area (Å²) in [5.41, 5.74) is 7.35. The van der Waals surface area contributed by atoms with E-state index in [-0.39, 0.29) is 5.41 Å². The first-order valence-corrected chi connectivity index (χ1v) is 13.0. The fourth-order valence-corrected chi connectivity index (χ4v) is 5.14. The maximum Gasteiger partial charge on any atom is 0.221 e. The number of fused-ring (bicyclic) bond motifs is 5. The molecule has 0 radical (unpaired) electrons. The molecule has 192 valence electrons. The third-order valence-corrected chi connectivity index (χ3v) is 7.16. The number of nitrogens with zero attached hydrogens (tertiary/aromatic N) is 6. The molecule has 7 rings (SSSR count). The number of rotatable bonds is 4. The molecule has 0 N–H and O–H groups in total. The maximum absolute atomic E-state index is 6.37. The van der Waals surface area contributed by atoms with E-state index in [2.05, 4.69) is 84.2 Å². The standard InChI is InChI=1S/C32H28N6O/c1-21-8-5-11-27-30(21)35-31-37(27)26-13-12-25(39-24-10-6-9-23(19-24)36-17-7-15-34-36)20-28(26)38(31)29-18-22(14-16-33-29)32(2,3)4/h5-20H,1-4H3. The highest BCUT2D eigenvalue weighted by molar-refractivity contribution is 5.93. The molecule has 7 aromatic rings. The Bertz CT molecular complexity index is 1990. The van der Waals surface area contributed by atoms with E-state index >= 15 is 0 Å². The maximum atomic E-state index is 6.37. The van der Waals surface area contributed by atoms with Crippen LogP contribution < -0.4 is 4.74 Å². The van der Waals surface area contributed by atoms with Gasteiger partial charge in [-0.05, 0) is 72.0 Å².